The molecule has 24 heavy (non-hydrogen) atoms. The lowest BCUT2D eigenvalue weighted by Gasteiger charge is -2.28. The lowest BCUT2D eigenvalue weighted by Crippen LogP contribution is -2.48. The van der Waals surface area contributed by atoms with Gasteiger partial charge in [-0.1, -0.05) is 32.9 Å². The Bertz CT molecular complexity index is 672. The molecule has 8 heteroatoms. The Morgan fingerprint density at radius 2 is 1.92 bits per heavy atom. The molecule has 1 N–H and O–H groups in total. The summed E-state index contributed by atoms with van der Waals surface area (Å²) in [6, 6.07) is 4.46. The summed E-state index contributed by atoms with van der Waals surface area (Å²) in [7, 11) is -3.81. The maximum absolute atomic E-state index is 14.0. The van der Waals surface area contributed by atoms with Gasteiger partial charge in [-0.05, 0) is 19.1 Å². The van der Waals surface area contributed by atoms with E-state index < -0.39 is 27.8 Å². The van der Waals surface area contributed by atoms with Gasteiger partial charge in [0.25, 0.3) is 0 Å². The average Bonchev–Trinajstić information content (AvgIpc) is 2.43. The van der Waals surface area contributed by atoms with Crippen LogP contribution in [0.25, 0.3) is 0 Å². The van der Waals surface area contributed by atoms with Crippen molar-refractivity contribution in [1.29, 1.82) is 0 Å². The van der Waals surface area contributed by atoms with E-state index in [2.05, 4.69) is 26.1 Å². The maximum atomic E-state index is 14.0. The van der Waals surface area contributed by atoms with Crippen molar-refractivity contribution >= 4 is 33.4 Å². The van der Waals surface area contributed by atoms with Crippen molar-refractivity contribution in [3.05, 3.63) is 30.1 Å². The molecule has 0 aliphatic carbocycles. The summed E-state index contributed by atoms with van der Waals surface area (Å²) < 4.78 is 39.0. The first-order valence-corrected chi connectivity index (χ1v) is 10.4. The van der Waals surface area contributed by atoms with E-state index in [-0.39, 0.29) is 10.4 Å². The summed E-state index contributed by atoms with van der Waals surface area (Å²) >= 11 is 1.69. The van der Waals surface area contributed by atoms with Crippen LogP contribution in [0.2, 0.25) is 0 Å². The van der Waals surface area contributed by atoms with Gasteiger partial charge in [-0.3, -0.25) is 9.10 Å². The van der Waals surface area contributed by atoms with E-state index in [0.717, 1.165) is 16.6 Å². The van der Waals surface area contributed by atoms with E-state index in [4.69, 9.17) is 0 Å². The highest BCUT2D eigenvalue weighted by Gasteiger charge is 2.30. The number of sulfonamides is 1. The van der Waals surface area contributed by atoms with E-state index in [0.29, 0.717) is 12.3 Å². The van der Waals surface area contributed by atoms with Crippen molar-refractivity contribution in [2.45, 2.75) is 38.5 Å². The summed E-state index contributed by atoms with van der Waals surface area (Å²) in [6.45, 7) is 8.09. The highest BCUT2D eigenvalue weighted by Crippen LogP contribution is 2.24. The Kier molecular flexibility index (Phi) is 7.10. The number of carbonyl (C=O) groups is 1. The fraction of sp³-hybridized carbons (Fsp3) is 0.562. The van der Waals surface area contributed by atoms with Crippen molar-refractivity contribution in [2.75, 3.05) is 22.9 Å². The minimum Gasteiger partial charge on any atom is -0.353 e. The molecule has 0 saturated heterocycles. The van der Waals surface area contributed by atoms with E-state index >= 15 is 0 Å². The first-order chi connectivity index (χ1) is 10.9. The topological polar surface area (TPSA) is 66.5 Å². The van der Waals surface area contributed by atoms with Crippen LogP contribution in [0.5, 0.6) is 0 Å². The van der Waals surface area contributed by atoms with Crippen LogP contribution in [0, 0.1) is 5.82 Å². The number of carbonyl (C=O) groups excluding carboxylic acids is 1. The second-order valence-electron chi connectivity index (χ2n) is 6.44. The van der Waals surface area contributed by atoms with Crippen LogP contribution < -0.4 is 9.62 Å². The Labute approximate surface area is 148 Å². The lowest BCUT2D eigenvalue weighted by molar-refractivity contribution is -0.121. The number of hydrogen-bond acceptors (Lipinski definition) is 4. The van der Waals surface area contributed by atoms with Crippen LogP contribution in [0.3, 0.4) is 0 Å². The molecule has 0 aliphatic heterocycles. The summed E-state index contributed by atoms with van der Waals surface area (Å²) in [5, 5.41) is 2.71. The third-order valence-electron chi connectivity index (χ3n) is 3.11. The highest BCUT2D eigenvalue weighted by molar-refractivity contribution is 8.00. The minimum atomic E-state index is -3.81. The number of thioether (sulfide) groups is 1. The number of anilines is 1. The van der Waals surface area contributed by atoms with Gasteiger partial charge >= 0.3 is 0 Å². The fourth-order valence-electron chi connectivity index (χ4n) is 2.09. The monoisotopic (exact) mass is 376 g/mol. The first-order valence-electron chi connectivity index (χ1n) is 7.59. The lowest BCUT2D eigenvalue weighted by atomic mass is 10.2. The summed E-state index contributed by atoms with van der Waals surface area (Å²) in [5.74, 6) is -0.440. The summed E-state index contributed by atoms with van der Waals surface area (Å²) in [6.07, 6.45) is 0.957. The second kappa shape index (κ2) is 8.20. The number of benzene rings is 1. The van der Waals surface area contributed by atoms with Crippen molar-refractivity contribution in [1.82, 2.24) is 5.32 Å². The minimum absolute atomic E-state index is 0.0856. The van der Waals surface area contributed by atoms with Crippen molar-refractivity contribution in [3.8, 4) is 0 Å². The van der Waals surface area contributed by atoms with Gasteiger partial charge in [-0.2, -0.15) is 11.8 Å². The molecular formula is C16H25FN2O3S2. The molecule has 0 fully saturated rings. The number of hydrogen-bond donors (Lipinski definition) is 1. The summed E-state index contributed by atoms with van der Waals surface area (Å²) in [4.78, 5) is 12.3. The number of nitrogens with one attached hydrogen (secondary N) is 1. The molecule has 0 radical (unpaired) electrons. The maximum Gasteiger partial charge on any atom is 0.243 e. The molecule has 1 aromatic carbocycles. The smallest absolute Gasteiger partial charge is 0.243 e. The zero-order chi connectivity index (χ0) is 18.5. The van der Waals surface area contributed by atoms with Gasteiger partial charge in [0.2, 0.25) is 15.9 Å². The zero-order valence-electron chi connectivity index (χ0n) is 14.7. The normalized spacial score (nSPS) is 13.4. The molecule has 0 aliphatic rings. The van der Waals surface area contributed by atoms with E-state index in [1.54, 1.807) is 11.8 Å². The Hall–Kier alpha value is -1.28. The Balaban J connectivity index is 2.85. The third-order valence-corrected chi connectivity index (χ3v) is 5.62. The predicted octanol–water partition coefficient (Wildman–Crippen LogP) is 2.63. The van der Waals surface area contributed by atoms with Gasteiger partial charge in [0, 0.05) is 17.0 Å². The number of rotatable bonds is 7. The van der Waals surface area contributed by atoms with Crippen molar-refractivity contribution in [3.63, 3.8) is 0 Å². The van der Waals surface area contributed by atoms with Crippen molar-refractivity contribution in [2.24, 2.45) is 0 Å². The van der Waals surface area contributed by atoms with Crippen LogP contribution in [-0.4, -0.2) is 43.7 Å². The first kappa shape index (κ1) is 20.8. The molecule has 1 amide bonds. The predicted molar refractivity (Wildman–Crippen MR) is 98.4 cm³/mol. The SMILES string of the molecule is CC(C(=O)NCCSC(C)(C)C)N(c1ccccc1F)S(C)(=O)=O. The molecule has 0 bridgehead atoms. The van der Waals surface area contributed by atoms with E-state index in [9.17, 15) is 17.6 Å². The van der Waals surface area contributed by atoms with Crippen LogP contribution in [0.4, 0.5) is 10.1 Å². The van der Waals surface area contributed by atoms with Crippen LogP contribution in [0.1, 0.15) is 27.7 Å². The highest BCUT2D eigenvalue weighted by atomic mass is 32.2. The summed E-state index contributed by atoms with van der Waals surface area (Å²) in [5.41, 5.74) is -0.133. The quantitative estimate of drug-likeness (QED) is 0.743. The number of nitrogens with zero attached hydrogens (tertiary/aromatic N) is 1. The van der Waals surface area contributed by atoms with E-state index in [1.165, 1.54) is 25.1 Å². The van der Waals surface area contributed by atoms with Gasteiger partial charge in [0.15, 0.2) is 0 Å². The Morgan fingerprint density at radius 1 is 1.33 bits per heavy atom. The molecule has 1 aromatic rings. The number of amides is 1. The molecule has 0 spiro atoms. The van der Waals surface area contributed by atoms with Gasteiger partial charge in [-0.15, -0.1) is 0 Å². The standard InChI is InChI=1S/C16H25FN2O3S2/c1-12(15(20)18-10-11-23-16(2,3)4)19(24(5,21)22)14-9-7-6-8-13(14)17/h6-9,12H,10-11H2,1-5H3,(H,18,20). The van der Waals surface area contributed by atoms with Gasteiger partial charge < -0.3 is 5.32 Å². The molecule has 136 valence electrons. The van der Waals surface area contributed by atoms with Crippen LogP contribution >= 0.6 is 11.8 Å². The molecular weight excluding hydrogens is 351 g/mol. The van der Waals surface area contributed by atoms with Gasteiger partial charge in [-0.25, -0.2) is 12.8 Å². The van der Waals surface area contributed by atoms with Crippen molar-refractivity contribution < 1.29 is 17.6 Å². The van der Waals surface area contributed by atoms with Crippen LogP contribution in [-0.2, 0) is 14.8 Å². The number of para-hydroxylation sites is 1. The number of halogens is 1. The molecule has 0 heterocycles. The average molecular weight is 377 g/mol. The molecule has 0 aromatic heterocycles. The molecule has 1 unspecified atom stereocenters. The van der Waals surface area contributed by atoms with Gasteiger partial charge in [0.05, 0.1) is 11.9 Å². The fourth-order valence-corrected chi connectivity index (χ4v) is 4.08. The Morgan fingerprint density at radius 3 is 2.42 bits per heavy atom. The molecule has 0 saturated carbocycles. The second-order valence-corrected chi connectivity index (χ2v) is 10.2. The van der Waals surface area contributed by atoms with Crippen LogP contribution in [0.15, 0.2) is 24.3 Å². The van der Waals surface area contributed by atoms with Gasteiger partial charge in [0.1, 0.15) is 11.9 Å². The zero-order valence-corrected chi connectivity index (χ0v) is 16.3. The largest absolute Gasteiger partial charge is 0.353 e. The molecule has 1 rings (SSSR count). The third kappa shape index (κ3) is 6.32. The molecule has 5 nitrogen and oxygen atoms in total. The molecule has 1 atom stereocenters. The van der Waals surface area contributed by atoms with E-state index in [1.807, 2.05) is 0 Å².